The molecule has 1 aromatic carbocycles. The predicted molar refractivity (Wildman–Crippen MR) is 89.8 cm³/mol. The van der Waals surface area contributed by atoms with Crippen LogP contribution in [0, 0.1) is 0 Å². The van der Waals surface area contributed by atoms with Gasteiger partial charge < -0.3 is 9.84 Å². The summed E-state index contributed by atoms with van der Waals surface area (Å²) in [5, 5.41) is 9.17. The molecular weight excluding hydrogens is 308 g/mol. The van der Waals surface area contributed by atoms with E-state index in [1.54, 1.807) is 36.4 Å². The molecule has 0 aliphatic rings. The summed E-state index contributed by atoms with van der Waals surface area (Å²) in [6.45, 7) is 3.77. The minimum absolute atomic E-state index is 0.0226. The topological polar surface area (TPSA) is 89.4 Å². The number of methoxy groups -OCH3 is 1. The maximum Gasteiger partial charge on any atom is 0.339 e. The van der Waals surface area contributed by atoms with Gasteiger partial charge in [-0.05, 0) is 29.7 Å². The maximum absolute atomic E-state index is 11.4. The van der Waals surface area contributed by atoms with Crippen LogP contribution in [0.4, 0.5) is 0 Å². The first-order valence-corrected chi connectivity index (χ1v) is 7.39. The van der Waals surface area contributed by atoms with E-state index < -0.39 is 5.97 Å². The van der Waals surface area contributed by atoms with E-state index in [0.717, 1.165) is 5.56 Å². The van der Waals surface area contributed by atoms with Crippen LogP contribution < -0.4 is 0 Å². The second-order valence-corrected chi connectivity index (χ2v) is 5.43. The fourth-order valence-corrected chi connectivity index (χ4v) is 2.11. The van der Waals surface area contributed by atoms with Gasteiger partial charge in [0.05, 0.1) is 23.9 Å². The lowest BCUT2D eigenvalue weighted by atomic mass is 10.1. The first kappa shape index (κ1) is 17.3. The summed E-state index contributed by atoms with van der Waals surface area (Å²) in [6.07, 6.45) is 4.82. The molecule has 0 saturated carbocycles. The number of benzene rings is 1. The van der Waals surface area contributed by atoms with Gasteiger partial charge in [0.15, 0.2) is 5.82 Å². The molecule has 24 heavy (non-hydrogen) atoms. The van der Waals surface area contributed by atoms with Crippen molar-refractivity contribution < 1.29 is 19.4 Å². The molecule has 2 aromatic rings. The Morgan fingerprint density at radius 2 is 1.83 bits per heavy atom. The van der Waals surface area contributed by atoms with Crippen molar-refractivity contribution in [2.45, 2.75) is 19.8 Å². The van der Waals surface area contributed by atoms with Crippen LogP contribution >= 0.6 is 0 Å². The zero-order valence-corrected chi connectivity index (χ0v) is 13.7. The molecule has 0 radical (unpaired) electrons. The lowest BCUT2D eigenvalue weighted by Crippen LogP contribution is -2.08. The predicted octanol–water partition coefficient (Wildman–Crippen LogP) is 3.26. The van der Waals surface area contributed by atoms with E-state index in [4.69, 9.17) is 5.11 Å². The van der Waals surface area contributed by atoms with Crippen LogP contribution in [0.5, 0.6) is 0 Å². The van der Waals surface area contributed by atoms with Gasteiger partial charge in [-0.15, -0.1) is 0 Å². The summed E-state index contributed by atoms with van der Waals surface area (Å²) in [7, 11) is 1.33. The number of hydrogen-bond donors (Lipinski definition) is 1. The molecule has 0 amide bonds. The molecule has 1 aromatic heterocycles. The molecule has 6 heteroatoms. The largest absolute Gasteiger partial charge is 0.478 e. The number of carboxylic acids is 1. The van der Waals surface area contributed by atoms with E-state index >= 15 is 0 Å². The number of nitrogens with zero attached hydrogens (tertiary/aromatic N) is 2. The number of carbonyl (C=O) groups is 2. The number of hydrogen-bond acceptors (Lipinski definition) is 5. The van der Waals surface area contributed by atoms with Gasteiger partial charge in [-0.3, -0.25) is 0 Å². The summed E-state index contributed by atoms with van der Waals surface area (Å²) in [4.78, 5) is 31.0. The van der Waals surface area contributed by atoms with Crippen molar-refractivity contribution in [2.24, 2.45) is 0 Å². The monoisotopic (exact) mass is 326 g/mol. The number of aromatic carboxylic acids is 1. The third-order valence-corrected chi connectivity index (χ3v) is 3.37. The van der Waals surface area contributed by atoms with Crippen LogP contribution in [-0.4, -0.2) is 34.1 Å². The highest BCUT2D eigenvalue weighted by molar-refractivity contribution is 5.90. The van der Waals surface area contributed by atoms with Crippen molar-refractivity contribution in [3.8, 4) is 0 Å². The second kappa shape index (κ2) is 7.50. The Morgan fingerprint density at radius 3 is 2.38 bits per heavy atom. The van der Waals surface area contributed by atoms with Gasteiger partial charge in [0.1, 0.15) is 0 Å². The average Bonchev–Trinajstić information content (AvgIpc) is 2.59. The van der Waals surface area contributed by atoms with Crippen molar-refractivity contribution in [1.82, 2.24) is 9.97 Å². The van der Waals surface area contributed by atoms with Crippen LogP contribution in [0.15, 0.2) is 30.5 Å². The third-order valence-electron chi connectivity index (χ3n) is 3.37. The molecule has 0 bridgehead atoms. The Balaban J connectivity index is 2.24. The molecule has 0 unspecified atom stereocenters. The molecule has 0 atom stereocenters. The van der Waals surface area contributed by atoms with E-state index in [0.29, 0.717) is 17.1 Å². The number of ether oxygens (including phenoxy) is 1. The molecular formula is C18H18N2O4. The van der Waals surface area contributed by atoms with E-state index in [1.807, 2.05) is 13.8 Å². The van der Waals surface area contributed by atoms with Gasteiger partial charge in [0, 0.05) is 6.20 Å². The zero-order valence-electron chi connectivity index (χ0n) is 13.7. The molecule has 0 spiro atoms. The van der Waals surface area contributed by atoms with Crippen LogP contribution in [0.2, 0.25) is 0 Å². The Labute approximate surface area is 139 Å². The van der Waals surface area contributed by atoms with Crippen molar-refractivity contribution in [1.29, 1.82) is 0 Å². The van der Waals surface area contributed by atoms with E-state index in [9.17, 15) is 9.59 Å². The average molecular weight is 326 g/mol. The summed E-state index contributed by atoms with van der Waals surface area (Å²) < 4.78 is 4.65. The molecule has 0 saturated heterocycles. The van der Waals surface area contributed by atoms with Crippen molar-refractivity contribution in [2.75, 3.05) is 7.11 Å². The second-order valence-electron chi connectivity index (χ2n) is 5.43. The molecule has 6 nitrogen and oxygen atoms in total. The van der Waals surface area contributed by atoms with Gasteiger partial charge in [-0.25, -0.2) is 19.6 Å². The van der Waals surface area contributed by atoms with Crippen LogP contribution in [-0.2, 0) is 4.74 Å². The number of carbonyl (C=O) groups excluding carboxylic acids is 1. The van der Waals surface area contributed by atoms with Gasteiger partial charge >= 0.3 is 11.9 Å². The lowest BCUT2D eigenvalue weighted by molar-refractivity contribution is 0.0599. The van der Waals surface area contributed by atoms with E-state index in [2.05, 4.69) is 14.7 Å². The highest BCUT2D eigenvalue weighted by atomic mass is 16.5. The van der Waals surface area contributed by atoms with Crippen molar-refractivity contribution in [3.63, 3.8) is 0 Å². The van der Waals surface area contributed by atoms with E-state index in [1.165, 1.54) is 13.3 Å². The van der Waals surface area contributed by atoms with Gasteiger partial charge in [0.2, 0.25) is 0 Å². The fourth-order valence-electron chi connectivity index (χ4n) is 2.11. The number of carboxylic acid groups (broad SMARTS) is 1. The van der Waals surface area contributed by atoms with Crippen LogP contribution in [0.3, 0.4) is 0 Å². The normalized spacial score (nSPS) is 11.0. The smallest absolute Gasteiger partial charge is 0.339 e. The molecule has 0 fully saturated rings. The first-order valence-electron chi connectivity index (χ1n) is 7.39. The van der Waals surface area contributed by atoms with Crippen molar-refractivity contribution >= 4 is 24.1 Å². The summed E-state index contributed by atoms with van der Waals surface area (Å²) in [6, 6.07) is 6.88. The van der Waals surface area contributed by atoms with Gasteiger partial charge in [-0.2, -0.15) is 0 Å². The number of aromatic nitrogens is 2. The number of esters is 1. The first-order chi connectivity index (χ1) is 11.4. The zero-order chi connectivity index (χ0) is 17.7. The van der Waals surface area contributed by atoms with Crippen LogP contribution in [0.25, 0.3) is 12.2 Å². The summed E-state index contributed by atoms with van der Waals surface area (Å²) in [5.41, 5.74) is 1.95. The minimum Gasteiger partial charge on any atom is -0.478 e. The Bertz CT molecular complexity index is 780. The van der Waals surface area contributed by atoms with Gasteiger partial charge in [-0.1, -0.05) is 32.1 Å². The lowest BCUT2D eigenvalue weighted by Gasteiger charge is -2.08. The maximum atomic E-state index is 11.4. The van der Waals surface area contributed by atoms with E-state index in [-0.39, 0.29) is 17.5 Å². The van der Waals surface area contributed by atoms with Crippen molar-refractivity contribution in [3.05, 3.63) is 58.7 Å². The Morgan fingerprint density at radius 1 is 1.17 bits per heavy atom. The molecule has 1 heterocycles. The third kappa shape index (κ3) is 4.04. The molecule has 0 aliphatic heterocycles. The highest BCUT2D eigenvalue weighted by Crippen LogP contribution is 2.17. The number of rotatable bonds is 5. The quantitative estimate of drug-likeness (QED) is 0.848. The molecule has 2 rings (SSSR count). The fraction of sp³-hybridized carbons (Fsp3) is 0.222. The standard InChI is InChI=1S/C18H18N2O4/c1-11(2)16-14(17(21)22)10-19-15(20-16)9-6-12-4-7-13(8-5-12)18(23)24-3/h4-11H,1-3H3,(H,21,22). The van der Waals surface area contributed by atoms with Gasteiger partial charge in [0.25, 0.3) is 0 Å². The molecule has 124 valence electrons. The SMILES string of the molecule is COC(=O)c1ccc(C=Cc2ncc(C(=O)O)c(C(C)C)n2)cc1. The Hall–Kier alpha value is -3.02. The van der Waals surface area contributed by atoms with Crippen LogP contribution in [0.1, 0.15) is 57.6 Å². The molecule has 0 aliphatic carbocycles. The molecule has 1 N–H and O–H groups in total. The Kier molecular flexibility index (Phi) is 5.42. The summed E-state index contributed by atoms with van der Waals surface area (Å²) >= 11 is 0. The summed E-state index contributed by atoms with van der Waals surface area (Å²) in [5.74, 6) is -1.02. The highest BCUT2D eigenvalue weighted by Gasteiger charge is 2.15. The minimum atomic E-state index is -1.03.